The van der Waals surface area contributed by atoms with Crippen LogP contribution in [-0.2, 0) is 9.59 Å². The zero-order valence-corrected chi connectivity index (χ0v) is 21.8. The number of rotatable bonds is 7. The van der Waals surface area contributed by atoms with Crippen molar-refractivity contribution in [3.8, 4) is 0 Å². The molecule has 0 radical (unpaired) electrons. The summed E-state index contributed by atoms with van der Waals surface area (Å²) < 4.78 is 0. The van der Waals surface area contributed by atoms with E-state index in [4.69, 9.17) is 23.2 Å². The van der Waals surface area contributed by atoms with Gasteiger partial charge in [0.1, 0.15) is 0 Å². The molecule has 3 fully saturated rings. The van der Waals surface area contributed by atoms with E-state index in [1.165, 1.54) is 31.8 Å². The minimum atomic E-state index is -0.589. The lowest BCUT2D eigenvalue weighted by Gasteiger charge is -2.39. The first-order chi connectivity index (χ1) is 16.9. The Hall–Kier alpha value is -1.64. The Labute approximate surface area is 218 Å². The van der Waals surface area contributed by atoms with Gasteiger partial charge in [-0.1, -0.05) is 42.1 Å². The molecule has 1 aliphatic carbocycles. The Morgan fingerprint density at radius 1 is 1.00 bits per heavy atom. The van der Waals surface area contributed by atoms with Gasteiger partial charge in [0.2, 0.25) is 11.8 Å². The second kappa shape index (κ2) is 12.5. The van der Waals surface area contributed by atoms with Crippen molar-refractivity contribution in [1.29, 1.82) is 0 Å². The molecule has 2 saturated heterocycles. The summed E-state index contributed by atoms with van der Waals surface area (Å²) in [6, 6.07) is 5.94. The molecule has 0 aromatic heterocycles. The molecule has 2 aliphatic heterocycles. The fourth-order valence-corrected chi connectivity index (χ4v) is 5.67. The van der Waals surface area contributed by atoms with Gasteiger partial charge in [-0.2, -0.15) is 0 Å². The molecular weight excluding hydrogens is 487 g/mol. The van der Waals surface area contributed by atoms with Crippen LogP contribution in [0.15, 0.2) is 24.3 Å². The third kappa shape index (κ3) is 7.43. The average molecular weight is 524 g/mol. The van der Waals surface area contributed by atoms with Gasteiger partial charge < -0.3 is 14.9 Å². The van der Waals surface area contributed by atoms with Crippen LogP contribution in [0.3, 0.4) is 0 Å². The lowest BCUT2D eigenvalue weighted by molar-refractivity contribution is -0.132. The number of aliphatic hydroxyl groups is 1. The molecule has 1 unspecified atom stereocenters. The number of hydrogen-bond acceptors (Lipinski definition) is 5. The number of benzene rings is 1. The number of carbonyl (C=O) groups is 2. The lowest BCUT2D eigenvalue weighted by Crippen LogP contribution is -2.52. The van der Waals surface area contributed by atoms with Crippen LogP contribution in [0.1, 0.15) is 37.7 Å². The molecule has 9 heteroatoms. The first-order valence-corrected chi connectivity index (χ1v) is 13.5. The van der Waals surface area contributed by atoms with Crippen LogP contribution in [0.4, 0.5) is 0 Å². The van der Waals surface area contributed by atoms with Gasteiger partial charge in [-0.15, -0.1) is 0 Å². The van der Waals surface area contributed by atoms with Crippen molar-refractivity contribution >= 4 is 41.1 Å². The average Bonchev–Trinajstić information content (AvgIpc) is 3.33. The first kappa shape index (κ1) is 26.4. The predicted molar refractivity (Wildman–Crippen MR) is 140 cm³/mol. The molecule has 1 N–H and O–H groups in total. The van der Waals surface area contributed by atoms with Crippen molar-refractivity contribution < 1.29 is 14.7 Å². The molecule has 3 aliphatic rings. The van der Waals surface area contributed by atoms with E-state index in [0.29, 0.717) is 42.8 Å². The van der Waals surface area contributed by atoms with Crippen LogP contribution < -0.4 is 0 Å². The summed E-state index contributed by atoms with van der Waals surface area (Å²) in [6.07, 6.45) is 8.22. The van der Waals surface area contributed by atoms with Gasteiger partial charge in [0.15, 0.2) is 0 Å². The fourth-order valence-electron chi connectivity index (χ4n) is 5.36. The van der Waals surface area contributed by atoms with Crippen LogP contribution in [0, 0.1) is 0 Å². The molecule has 2 heterocycles. The Bertz CT molecular complexity index is 914. The highest BCUT2D eigenvalue weighted by Crippen LogP contribution is 2.25. The Balaban J connectivity index is 1.21. The second-order valence-corrected chi connectivity index (χ2v) is 10.7. The second-order valence-electron chi connectivity index (χ2n) is 9.85. The molecule has 1 aromatic carbocycles. The molecule has 7 nitrogen and oxygen atoms in total. The van der Waals surface area contributed by atoms with Crippen LogP contribution in [-0.4, -0.2) is 108 Å². The van der Waals surface area contributed by atoms with Crippen LogP contribution >= 0.6 is 23.2 Å². The van der Waals surface area contributed by atoms with E-state index < -0.39 is 6.10 Å². The maximum absolute atomic E-state index is 12.7. The van der Waals surface area contributed by atoms with Gasteiger partial charge in [0, 0.05) is 77.4 Å². The van der Waals surface area contributed by atoms with Crippen molar-refractivity contribution in [3.05, 3.63) is 39.9 Å². The molecule has 192 valence electrons. The summed E-state index contributed by atoms with van der Waals surface area (Å²) in [6.45, 7) is 6.20. The summed E-state index contributed by atoms with van der Waals surface area (Å²) in [5, 5.41) is 11.6. The van der Waals surface area contributed by atoms with Gasteiger partial charge in [-0.25, -0.2) is 0 Å². The van der Waals surface area contributed by atoms with Crippen molar-refractivity contribution in [2.24, 2.45) is 0 Å². The molecule has 0 spiro atoms. The van der Waals surface area contributed by atoms with Gasteiger partial charge >= 0.3 is 0 Å². The van der Waals surface area contributed by atoms with E-state index in [9.17, 15) is 14.7 Å². The van der Waals surface area contributed by atoms with Crippen molar-refractivity contribution in [2.75, 3.05) is 58.9 Å². The topological polar surface area (TPSA) is 67.3 Å². The zero-order valence-electron chi connectivity index (χ0n) is 20.2. The van der Waals surface area contributed by atoms with Gasteiger partial charge in [-0.05, 0) is 36.6 Å². The van der Waals surface area contributed by atoms with E-state index >= 15 is 0 Å². The maximum Gasteiger partial charge on any atom is 0.246 e. The Morgan fingerprint density at radius 2 is 1.74 bits per heavy atom. The van der Waals surface area contributed by atoms with Crippen LogP contribution in [0.2, 0.25) is 10.0 Å². The quantitative estimate of drug-likeness (QED) is 0.557. The summed E-state index contributed by atoms with van der Waals surface area (Å²) in [5.41, 5.74) is 0.785. The number of piperazine rings is 1. The number of halogens is 2. The fraction of sp³-hybridized carbons (Fsp3) is 0.615. The van der Waals surface area contributed by atoms with E-state index in [-0.39, 0.29) is 18.2 Å². The largest absolute Gasteiger partial charge is 0.390 e. The highest BCUT2D eigenvalue weighted by atomic mass is 35.5. The minimum absolute atomic E-state index is 0.0149. The molecular formula is C26H36Cl2N4O3. The number of β-amino-alcohol motifs (C(OH)–C–C–N with tert-alkyl or cyclic N) is 1. The van der Waals surface area contributed by atoms with E-state index in [1.54, 1.807) is 34.1 Å². The standard InChI is InChI=1S/C26H36Cl2N4O3/c27-23-7-5-20(17-24(23)28)6-8-25(34)31-10-9-26(35)32(16-15-31)19-22(33)18-29-11-13-30(14-12-29)21-3-1-2-4-21/h5-8,17,21-22,33H,1-4,9-16,18-19H2. The smallest absolute Gasteiger partial charge is 0.246 e. The SMILES string of the molecule is O=C(C=Cc1ccc(Cl)c(Cl)c1)N1CCC(=O)N(CC(O)CN2CCN(C3CCCC3)CC2)CC1. The third-order valence-corrected chi connectivity index (χ3v) is 8.15. The highest BCUT2D eigenvalue weighted by Gasteiger charge is 2.28. The van der Waals surface area contributed by atoms with Gasteiger partial charge in [0.25, 0.3) is 0 Å². The summed E-state index contributed by atoms with van der Waals surface area (Å²) >= 11 is 12.0. The normalized spacial score (nSPS) is 22.2. The van der Waals surface area contributed by atoms with Gasteiger partial charge in [-0.3, -0.25) is 19.4 Å². The van der Waals surface area contributed by atoms with Crippen molar-refractivity contribution in [1.82, 2.24) is 19.6 Å². The number of hydrogen-bond donors (Lipinski definition) is 1. The molecule has 1 saturated carbocycles. The molecule has 1 aromatic rings. The highest BCUT2D eigenvalue weighted by molar-refractivity contribution is 6.42. The molecule has 0 bridgehead atoms. The molecule has 35 heavy (non-hydrogen) atoms. The molecule has 2 amide bonds. The maximum atomic E-state index is 12.7. The van der Waals surface area contributed by atoms with E-state index in [0.717, 1.165) is 37.8 Å². The minimum Gasteiger partial charge on any atom is -0.390 e. The zero-order chi connectivity index (χ0) is 24.8. The van der Waals surface area contributed by atoms with Crippen LogP contribution in [0.5, 0.6) is 0 Å². The van der Waals surface area contributed by atoms with E-state index in [1.807, 2.05) is 0 Å². The third-order valence-electron chi connectivity index (χ3n) is 7.41. The number of aliphatic hydroxyl groups excluding tert-OH is 1. The van der Waals surface area contributed by atoms with E-state index in [2.05, 4.69) is 9.80 Å². The molecule has 4 rings (SSSR count). The Morgan fingerprint density at radius 3 is 2.46 bits per heavy atom. The molecule has 1 atom stereocenters. The first-order valence-electron chi connectivity index (χ1n) is 12.7. The number of amides is 2. The monoisotopic (exact) mass is 522 g/mol. The Kier molecular flexibility index (Phi) is 9.47. The lowest BCUT2D eigenvalue weighted by atomic mass is 10.1. The summed E-state index contributed by atoms with van der Waals surface area (Å²) in [4.78, 5) is 33.6. The van der Waals surface area contributed by atoms with Crippen molar-refractivity contribution in [3.63, 3.8) is 0 Å². The predicted octanol–water partition coefficient (Wildman–Crippen LogP) is 2.99. The van der Waals surface area contributed by atoms with Crippen molar-refractivity contribution in [2.45, 2.75) is 44.2 Å². The number of nitrogens with zero attached hydrogens (tertiary/aromatic N) is 4. The van der Waals surface area contributed by atoms with Crippen LogP contribution in [0.25, 0.3) is 6.08 Å². The number of carbonyl (C=O) groups excluding carboxylic acids is 2. The summed E-state index contributed by atoms with van der Waals surface area (Å²) in [7, 11) is 0. The van der Waals surface area contributed by atoms with Gasteiger partial charge in [0.05, 0.1) is 16.1 Å². The summed E-state index contributed by atoms with van der Waals surface area (Å²) in [5.74, 6) is -0.162.